The summed E-state index contributed by atoms with van der Waals surface area (Å²) in [6.07, 6.45) is 0. The van der Waals surface area contributed by atoms with Gasteiger partial charge in [-0.1, -0.05) is 36.4 Å². The predicted octanol–water partition coefficient (Wildman–Crippen LogP) is 6.87. The number of carboxylic acid groups (broad SMARTS) is 2. The lowest BCUT2D eigenvalue weighted by molar-refractivity contribution is 0.0687. The maximum atomic E-state index is 12.3. The highest BCUT2D eigenvalue weighted by Gasteiger charge is 2.17. The van der Waals surface area contributed by atoms with Gasteiger partial charge in [0.2, 0.25) is 0 Å². The van der Waals surface area contributed by atoms with Gasteiger partial charge in [0.05, 0.1) is 22.3 Å². The number of carboxylic acids is 2. The van der Waals surface area contributed by atoms with Crippen LogP contribution >= 0.6 is 0 Å². The zero-order valence-electron chi connectivity index (χ0n) is 27.4. The van der Waals surface area contributed by atoms with Gasteiger partial charge in [-0.05, 0) is 107 Å². The molecular formula is C40H32N4O8. The first kappa shape index (κ1) is 35.7. The van der Waals surface area contributed by atoms with Crippen LogP contribution in [0.25, 0.3) is 22.3 Å². The molecule has 0 atom stereocenters. The van der Waals surface area contributed by atoms with Crippen LogP contribution in [0.4, 0.5) is 22.7 Å². The average Bonchev–Trinajstić information content (AvgIpc) is 3.11. The molecule has 6 aromatic rings. The average molecular weight is 697 g/mol. The quantitative estimate of drug-likeness (QED) is 0.0544. The Hall–Kier alpha value is -7.60. The molecule has 260 valence electrons. The van der Waals surface area contributed by atoms with Crippen LogP contribution in [0.1, 0.15) is 41.4 Å². The Morgan fingerprint density at radius 2 is 0.808 bits per heavy atom. The molecule has 10 N–H and O–H groups in total. The predicted molar refractivity (Wildman–Crippen MR) is 198 cm³/mol. The van der Waals surface area contributed by atoms with Gasteiger partial charge in [-0.3, -0.25) is 0 Å². The van der Waals surface area contributed by atoms with Crippen LogP contribution in [-0.2, 0) is 0 Å². The molecule has 0 aliphatic heterocycles. The van der Waals surface area contributed by atoms with Gasteiger partial charge in [-0.25, -0.2) is 19.2 Å². The van der Waals surface area contributed by atoms with Gasteiger partial charge in [0, 0.05) is 34.9 Å². The van der Waals surface area contributed by atoms with Crippen molar-refractivity contribution < 1.29 is 38.9 Å². The first-order chi connectivity index (χ1) is 24.9. The fourth-order valence-electron chi connectivity index (χ4n) is 5.09. The standard InChI is InChI=1S/2C20H16N2O4/c21-15-6-2-8-17(11-15)25-19(23)13-4-1-5-14(10-13)20(24)26-18-9-3-7-16(22)12-18;21-13-4-6-15(19(23)24)17(9-13)11-2-1-3-12(8-11)18-10-14(22)5-7-16(18)20(25)26/h1-12H,21-22H2;1-10H,21-22H2,(H,23,24)(H,25,26). The molecule has 0 amide bonds. The van der Waals surface area contributed by atoms with E-state index in [0.29, 0.717) is 56.5 Å². The van der Waals surface area contributed by atoms with E-state index >= 15 is 0 Å². The Morgan fingerprint density at radius 1 is 0.423 bits per heavy atom. The summed E-state index contributed by atoms with van der Waals surface area (Å²) in [6, 6.07) is 35.2. The SMILES string of the molecule is Nc1ccc(C(=O)O)c(-c2cccc(-c3cc(N)ccc3C(=O)O)c2)c1.Nc1cccc(OC(=O)c2cccc(C(=O)Oc3cccc(N)c3)c2)c1. The molecule has 0 radical (unpaired) electrons. The second-order valence-corrected chi connectivity index (χ2v) is 11.3. The van der Waals surface area contributed by atoms with Crippen molar-refractivity contribution in [1.82, 2.24) is 0 Å². The van der Waals surface area contributed by atoms with Crippen molar-refractivity contribution in [3.8, 4) is 33.8 Å². The molecule has 0 saturated carbocycles. The van der Waals surface area contributed by atoms with E-state index in [1.54, 1.807) is 91.0 Å². The minimum absolute atomic E-state index is 0.113. The summed E-state index contributed by atoms with van der Waals surface area (Å²) in [6.45, 7) is 0. The number of nitrogens with two attached hydrogens (primary N) is 4. The largest absolute Gasteiger partial charge is 0.478 e. The molecular weight excluding hydrogens is 664 g/mol. The van der Waals surface area contributed by atoms with Crippen molar-refractivity contribution in [2.45, 2.75) is 0 Å². The van der Waals surface area contributed by atoms with Crippen LogP contribution in [0.3, 0.4) is 0 Å². The van der Waals surface area contributed by atoms with Crippen LogP contribution in [0, 0.1) is 0 Å². The lowest BCUT2D eigenvalue weighted by Gasteiger charge is -2.12. The number of nitrogen functional groups attached to an aromatic ring is 4. The fourth-order valence-corrected chi connectivity index (χ4v) is 5.09. The molecule has 0 fully saturated rings. The summed E-state index contributed by atoms with van der Waals surface area (Å²) in [7, 11) is 0. The van der Waals surface area contributed by atoms with Gasteiger partial charge in [-0.15, -0.1) is 0 Å². The minimum Gasteiger partial charge on any atom is -0.478 e. The van der Waals surface area contributed by atoms with Crippen molar-refractivity contribution in [3.63, 3.8) is 0 Å². The Kier molecular flexibility index (Phi) is 10.8. The van der Waals surface area contributed by atoms with Gasteiger partial charge in [0.1, 0.15) is 11.5 Å². The van der Waals surface area contributed by atoms with E-state index < -0.39 is 23.9 Å². The van der Waals surface area contributed by atoms with E-state index in [9.17, 15) is 29.4 Å². The molecule has 52 heavy (non-hydrogen) atoms. The van der Waals surface area contributed by atoms with Gasteiger partial charge in [0.15, 0.2) is 0 Å². The second-order valence-electron chi connectivity index (χ2n) is 11.3. The fraction of sp³-hybridized carbons (Fsp3) is 0. The highest BCUT2D eigenvalue weighted by Crippen LogP contribution is 2.32. The van der Waals surface area contributed by atoms with Gasteiger partial charge < -0.3 is 42.6 Å². The Bertz CT molecular complexity index is 2170. The monoisotopic (exact) mass is 696 g/mol. The molecule has 0 bridgehead atoms. The summed E-state index contributed by atoms with van der Waals surface area (Å²) < 4.78 is 10.5. The minimum atomic E-state index is -1.07. The van der Waals surface area contributed by atoms with Crippen molar-refractivity contribution in [3.05, 3.63) is 156 Å². The van der Waals surface area contributed by atoms with Crippen LogP contribution in [0.2, 0.25) is 0 Å². The second kappa shape index (κ2) is 15.7. The molecule has 12 nitrogen and oxygen atoms in total. The number of carbonyl (C=O) groups is 4. The zero-order chi connectivity index (χ0) is 37.4. The molecule has 0 spiro atoms. The third-order valence-corrected chi connectivity index (χ3v) is 7.50. The molecule has 0 aliphatic rings. The van der Waals surface area contributed by atoms with Crippen LogP contribution in [0.5, 0.6) is 11.5 Å². The summed E-state index contributed by atoms with van der Waals surface area (Å²) in [5.74, 6) is -2.70. The first-order valence-electron chi connectivity index (χ1n) is 15.5. The number of carbonyl (C=O) groups excluding carboxylic acids is 2. The van der Waals surface area contributed by atoms with E-state index in [2.05, 4.69) is 0 Å². The number of anilines is 4. The summed E-state index contributed by atoms with van der Waals surface area (Å²) >= 11 is 0. The summed E-state index contributed by atoms with van der Waals surface area (Å²) in [5, 5.41) is 18.8. The Labute approximate surface area is 297 Å². The van der Waals surface area contributed by atoms with E-state index in [1.807, 2.05) is 0 Å². The molecule has 6 rings (SSSR count). The third kappa shape index (κ3) is 8.89. The van der Waals surface area contributed by atoms with Crippen LogP contribution < -0.4 is 32.4 Å². The Balaban J connectivity index is 0.000000201. The number of ether oxygens (including phenoxy) is 2. The number of benzene rings is 6. The molecule has 0 aromatic heterocycles. The number of rotatable bonds is 8. The van der Waals surface area contributed by atoms with E-state index in [1.165, 1.54) is 42.5 Å². The van der Waals surface area contributed by atoms with Gasteiger partial charge in [0.25, 0.3) is 0 Å². The van der Waals surface area contributed by atoms with Crippen LogP contribution in [0.15, 0.2) is 133 Å². The van der Waals surface area contributed by atoms with E-state index in [0.717, 1.165) is 0 Å². The lowest BCUT2D eigenvalue weighted by Crippen LogP contribution is -2.12. The van der Waals surface area contributed by atoms with E-state index in [4.69, 9.17) is 32.4 Å². The zero-order valence-corrected chi connectivity index (χ0v) is 27.4. The lowest BCUT2D eigenvalue weighted by atomic mass is 9.93. The van der Waals surface area contributed by atoms with Crippen molar-refractivity contribution in [2.24, 2.45) is 0 Å². The van der Waals surface area contributed by atoms with E-state index in [-0.39, 0.29) is 22.3 Å². The number of hydrogen-bond acceptors (Lipinski definition) is 10. The topological polar surface area (TPSA) is 231 Å². The Morgan fingerprint density at radius 3 is 1.21 bits per heavy atom. The molecule has 12 heteroatoms. The van der Waals surface area contributed by atoms with Crippen LogP contribution in [-0.4, -0.2) is 34.1 Å². The highest BCUT2D eigenvalue weighted by molar-refractivity contribution is 6.00. The number of esters is 2. The molecule has 0 aliphatic carbocycles. The summed E-state index contributed by atoms with van der Waals surface area (Å²) in [5.41, 5.74) is 27.6. The molecule has 0 saturated heterocycles. The molecule has 0 heterocycles. The number of aromatic carboxylic acids is 2. The van der Waals surface area contributed by atoms with Gasteiger partial charge in [-0.2, -0.15) is 0 Å². The van der Waals surface area contributed by atoms with Crippen molar-refractivity contribution in [2.75, 3.05) is 22.9 Å². The van der Waals surface area contributed by atoms with Crippen molar-refractivity contribution in [1.29, 1.82) is 0 Å². The number of hydrogen-bond donors (Lipinski definition) is 6. The maximum Gasteiger partial charge on any atom is 0.343 e. The maximum absolute atomic E-state index is 12.3. The highest BCUT2D eigenvalue weighted by atomic mass is 16.5. The summed E-state index contributed by atoms with van der Waals surface area (Å²) in [4.78, 5) is 47.6. The third-order valence-electron chi connectivity index (χ3n) is 7.50. The normalized spacial score (nSPS) is 10.3. The van der Waals surface area contributed by atoms with Gasteiger partial charge >= 0.3 is 23.9 Å². The molecule has 0 unspecified atom stereocenters. The van der Waals surface area contributed by atoms with Crippen molar-refractivity contribution >= 4 is 46.6 Å². The smallest absolute Gasteiger partial charge is 0.343 e. The molecule has 6 aromatic carbocycles. The first-order valence-corrected chi connectivity index (χ1v) is 15.5.